The van der Waals surface area contributed by atoms with Gasteiger partial charge in [0, 0.05) is 62.4 Å². The molecule has 2 fully saturated rings. The molecule has 2 aliphatic heterocycles. The predicted molar refractivity (Wildman–Crippen MR) is 221 cm³/mol. The maximum atomic E-state index is 13.5. The lowest BCUT2D eigenvalue weighted by molar-refractivity contribution is -0.134. The standard InChI is InChI=1S/C40H45BrN9O4P/c1-24-19-32(46-40-44-22-29(41)38(48-40)45-31-11-10-30-36(43-16-15-42-30)37(31)55(4,5)53)34(54-3)21-33(24)50-17-13-27(14-18-50)49(2)23-25-7-6-8-26(20-25)28-9-12-35(51)47-39(28)52/h6-8,10-11,15-16,19-22,27-28H,9,12-14,17-18,23H2,1-5H3,(H,47,51,52)(H2,44,45,46,48). The summed E-state index contributed by atoms with van der Waals surface area (Å²) in [5.41, 5.74) is 6.98. The first kappa shape index (κ1) is 38.4. The van der Waals surface area contributed by atoms with Crippen molar-refractivity contribution in [1.29, 1.82) is 0 Å². The second kappa shape index (κ2) is 16.1. The Balaban J connectivity index is 1.02. The van der Waals surface area contributed by atoms with Crippen molar-refractivity contribution in [3.63, 3.8) is 0 Å². The van der Waals surface area contributed by atoms with Gasteiger partial charge < -0.3 is 24.8 Å². The lowest BCUT2D eigenvalue weighted by Crippen LogP contribution is -2.43. The van der Waals surface area contributed by atoms with Crippen LogP contribution in [0.25, 0.3) is 11.0 Å². The number of anilines is 5. The SMILES string of the molecule is COc1cc(N2CCC(N(C)Cc3cccc(C4CCC(=O)NC4=O)c3)CC2)c(C)cc1Nc1ncc(Br)c(Nc2ccc3nccnc3c2P(C)(C)=O)n1. The number of methoxy groups -OCH3 is 1. The molecule has 0 spiro atoms. The second-order valence-electron chi connectivity index (χ2n) is 14.6. The summed E-state index contributed by atoms with van der Waals surface area (Å²) in [6.45, 7) is 8.12. The molecule has 286 valence electrons. The Morgan fingerprint density at radius 1 is 1.00 bits per heavy atom. The molecule has 0 aliphatic carbocycles. The number of carbonyl (C=O) groups is 2. The molecule has 3 aromatic carbocycles. The number of benzene rings is 3. The molecule has 0 saturated carbocycles. The Bertz CT molecular complexity index is 2310. The molecule has 0 radical (unpaired) electrons. The van der Waals surface area contributed by atoms with Crippen LogP contribution in [0.5, 0.6) is 5.75 Å². The van der Waals surface area contributed by atoms with Crippen molar-refractivity contribution in [1.82, 2.24) is 30.2 Å². The first-order chi connectivity index (χ1) is 26.4. The number of amides is 2. The summed E-state index contributed by atoms with van der Waals surface area (Å²) in [5.74, 6) is 0.849. The van der Waals surface area contributed by atoms with Crippen LogP contribution in [-0.2, 0) is 20.7 Å². The van der Waals surface area contributed by atoms with Gasteiger partial charge in [-0.2, -0.15) is 4.98 Å². The van der Waals surface area contributed by atoms with Gasteiger partial charge in [-0.05, 0) is 97.4 Å². The predicted octanol–water partition coefficient (Wildman–Crippen LogP) is 6.86. The first-order valence-electron chi connectivity index (χ1n) is 18.3. The molecular formula is C40H45BrN9O4P. The first-order valence-corrected chi connectivity index (χ1v) is 21.7. The fraction of sp³-hybridized carbons (Fsp3) is 0.350. The monoisotopic (exact) mass is 825 g/mol. The van der Waals surface area contributed by atoms with Gasteiger partial charge in [-0.3, -0.25) is 29.8 Å². The number of nitrogens with one attached hydrogen (secondary N) is 3. The number of ether oxygens (including phenoxy) is 1. The number of piperidine rings is 2. The zero-order valence-electron chi connectivity index (χ0n) is 31.6. The molecule has 7 rings (SSSR count). The molecule has 13 nitrogen and oxygen atoms in total. The summed E-state index contributed by atoms with van der Waals surface area (Å²) in [5, 5.41) is 9.79. The van der Waals surface area contributed by atoms with Crippen LogP contribution < -0.4 is 30.9 Å². The Hall–Kier alpha value is -4.91. The summed E-state index contributed by atoms with van der Waals surface area (Å²) in [6.07, 6.45) is 7.82. The van der Waals surface area contributed by atoms with E-state index in [0.717, 1.165) is 60.5 Å². The maximum Gasteiger partial charge on any atom is 0.234 e. The average molecular weight is 827 g/mol. The molecule has 5 aromatic rings. The number of hydrogen-bond acceptors (Lipinski definition) is 12. The third-order valence-electron chi connectivity index (χ3n) is 10.4. The number of rotatable bonds is 11. The number of nitrogens with zero attached hydrogens (tertiary/aromatic N) is 6. The summed E-state index contributed by atoms with van der Waals surface area (Å²) < 4.78 is 20.0. The molecule has 0 bridgehead atoms. The van der Waals surface area contributed by atoms with Crippen LogP contribution in [0.2, 0.25) is 0 Å². The number of hydrogen-bond donors (Lipinski definition) is 3. The Morgan fingerprint density at radius 3 is 2.53 bits per heavy atom. The highest BCUT2D eigenvalue weighted by Crippen LogP contribution is 2.42. The molecule has 2 amide bonds. The number of halogens is 1. The van der Waals surface area contributed by atoms with Crippen LogP contribution in [0.4, 0.5) is 28.8 Å². The molecule has 4 heterocycles. The molecule has 15 heteroatoms. The van der Waals surface area contributed by atoms with Crippen LogP contribution in [0.15, 0.2) is 71.6 Å². The zero-order valence-corrected chi connectivity index (χ0v) is 34.1. The van der Waals surface area contributed by atoms with Gasteiger partial charge in [-0.1, -0.05) is 24.3 Å². The van der Waals surface area contributed by atoms with Crippen molar-refractivity contribution >= 4 is 80.1 Å². The van der Waals surface area contributed by atoms with E-state index in [4.69, 9.17) is 9.72 Å². The molecule has 55 heavy (non-hydrogen) atoms. The van der Waals surface area contributed by atoms with E-state index < -0.39 is 7.14 Å². The van der Waals surface area contributed by atoms with Crippen molar-refractivity contribution in [2.45, 2.75) is 51.1 Å². The fourth-order valence-corrected chi connectivity index (χ4v) is 9.28. The van der Waals surface area contributed by atoms with Gasteiger partial charge in [0.2, 0.25) is 17.8 Å². The summed E-state index contributed by atoms with van der Waals surface area (Å²) in [6, 6.07) is 16.5. The van der Waals surface area contributed by atoms with Crippen molar-refractivity contribution in [3.05, 3.63) is 88.3 Å². The normalized spacial score (nSPS) is 16.7. The smallest absolute Gasteiger partial charge is 0.234 e. The Kier molecular flexibility index (Phi) is 11.2. The van der Waals surface area contributed by atoms with Gasteiger partial charge >= 0.3 is 0 Å². The van der Waals surface area contributed by atoms with Crippen LogP contribution in [-0.4, -0.2) is 83.3 Å². The average Bonchev–Trinajstić information content (AvgIpc) is 3.16. The van der Waals surface area contributed by atoms with Crippen molar-refractivity contribution in [2.24, 2.45) is 0 Å². The number of carbonyl (C=O) groups excluding carboxylic acids is 2. The van der Waals surface area contributed by atoms with Crippen LogP contribution in [0, 0.1) is 6.92 Å². The van der Waals surface area contributed by atoms with Gasteiger partial charge in [-0.25, -0.2) is 4.98 Å². The molecule has 2 saturated heterocycles. The number of fused-ring (bicyclic) bond motifs is 1. The Labute approximate surface area is 329 Å². The van der Waals surface area contributed by atoms with Crippen LogP contribution in [0.1, 0.15) is 48.3 Å². The fourth-order valence-electron chi connectivity index (χ4n) is 7.60. The van der Waals surface area contributed by atoms with Crippen LogP contribution in [0.3, 0.4) is 0 Å². The van der Waals surface area contributed by atoms with E-state index in [1.54, 1.807) is 39.0 Å². The van der Waals surface area contributed by atoms with Gasteiger partial charge in [0.15, 0.2) is 0 Å². The minimum absolute atomic E-state index is 0.195. The van der Waals surface area contributed by atoms with Crippen molar-refractivity contribution in [3.8, 4) is 5.75 Å². The number of aryl methyl sites for hydroxylation is 1. The number of aromatic nitrogens is 4. The maximum absolute atomic E-state index is 13.5. The highest BCUT2D eigenvalue weighted by molar-refractivity contribution is 9.10. The molecule has 1 unspecified atom stereocenters. The van der Waals surface area contributed by atoms with Crippen LogP contribution >= 0.6 is 23.1 Å². The van der Waals surface area contributed by atoms with Gasteiger partial charge in [-0.15, -0.1) is 0 Å². The summed E-state index contributed by atoms with van der Waals surface area (Å²) in [4.78, 5) is 47.1. The Morgan fingerprint density at radius 2 is 1.78 bits per heavy atom. The highest BCUT2D eigenvalue weighted by atomic mass is 79.9. The van der Waals surface area contributed by atoms with E-state index in [9.17, 15) is 14.2 Å². The van der Waals surface area contributed by atoms with Gasteiger partial charge in [0.05, 0.1) is 39.7 Å². The molecular weight excluding hydrogens is 781 g/mol. The highest BCUT2D eigenvalue weighted by Gasteiger charge is 2.29. The summed E-state index contributed by atoms with van der Waals surface area (Å²) in [7, 11) is 1.06. The van der Waals surface area contributed by atoms with E-state index in [-0.39, 0.29) is 17.7 Å². The van der Waals surface area contributed by atoms with Gasteiger partial charge in [0.1, 0.15) is 24.2 Å². The quantitative estimate of drug-likeness (QED) is 0.0943. The zero-order chi connectivity index (χ0) is 38.9. The molecule has 3 N–H and O–H groups in total. The van der Waals surface area contributed by atoms with Crippen molar-refractivity contribution < 1.29 is 18.9 Å². The molecule has 2 aliphatic rings. The van der Waals surface area contributed by atoms with E-state index in [2.05, 4.69) is 94.9 Å². The van der Waals surface area contributed by atoms with Gasteiger partial charge in [0.25, 0.3) is 0 Å². The third kappa shape index (κ3) is 8.51. The lowest BCUT2D eigenvalue weighted by atomic mass is 9.89. The van der Waals surface area contributed by atoms with E-state index in [0.29, 0.717) is 62.9 Å². The van der Waals surface area contributed by atoms with E-state index >= 15 is 0 Å². The largest absolute Gasteiger partial charge is 0.494 e. The number of imide groups is 1. The summed E-state index contributed by atoms with van der Waals surface area (Å²) >= 11 is 3.57. The topological polar surface area (TPSA) is 155 Å². The minimum Gasteiger partial charge on any atom is -0.494 e. The van der Waals surface area contributed by atoms with E-state index in [1.807, 2.05) is 24.3 Å². The van der Waals surface area contributed by atoms with E-state index in [1.165, 1.54) is 0 Å². The second-order valence-corrected chi connectivity index (χ2v) is 18.6. The molecule has 2 aromatic heterocycles. The molecule has 1 atom stereocenters. The van der Waals surface area contributed by atoms with Crippen molar-refractivity contribution in [2.75, 3.05) is 56.1 Å². The third-order valence-corrected chi connectivity index (χ3v) is 12.5. The lowest BCUT2D eigenvalue weighted by Gasteiger charge is -2.38. The minimum atomic E-state index is -2.77.